The van der Waals surface area contributed by atoms with Crippen molar-refractivity contribution in [2.75, 3.05) is 36.5 Å². The second kappa shape index (κ2) is 6.50. The molecule has 0 unspecified atom stereocenters. The molecule has 0 aliphatic rings. The number of hydrogen-bond donors (Lipinski definition) is 3. The summed E-state index contributed by atoms with van der Waals surface area (Å²) in [6.07, 6.45) is 1.13. The van der Waals surface area contributed by atoms with Crippen LogP contribution in [-0.4, -0.2) is 44.3 Å². The van der Waals surface area contributed by atoms with Crippen molar-refractivity contribution in [2.24, 2.45) is 0 Å². The number of nitrogens with zero attached hydrogens (tertiary/aromatic N) is 2. The molecule has 0 aliphatic carbocycles. The molecule has 0 bridgehead atoms. The molecule has 0 saturated heterocycles. The van der Waals surface area contributed by atoms with Crippen LogP contribution in [0.15, 0.2) is 6.07 Å². The first-order valence-electron chi connectivity index (χ1n) is 5.69. The van der Waals surface area contributed by atoms with Crippen LogP contribution in [0, 0.1) is 6.92 Å². The van der Waals surface area contributed by atoms with Crippen molar-refractivity contribution in [3.05, 3.63) is 11.8 Å². The van der Waals surface area contributed by atoms with E-state index in [2.05, 4.69) is 25.3 Å². The number of hydrogen-bond acceptors (Lipinski definition) is 6. The minimum absolute atomic E-state index is 0.318. The fraction of sp³-hybridized carbons (Fsp3) is 0.600. The second-order valence-corrected chi connectivity index (χ2v) is 5.67. The van der Waals surface area contributed by atoms with Gasteiger partial charge in [-0.15, -0.1) is 0 Å². The van der Waals surface area contributed by atoms with Gasteiger partial charge in [0.15, 0.2) is 0 Å². The molecule has 0 aromatic carbocycles. The fourth-order valence-corrected chi connectivity index (χ4v) is 1.80. The van der Waals surface area contributed by atoms with Crippen LogP contribution in [0.1, 0.15) is 12.6 Å². The monoisotopic (exact) mass is 273 g/mol. The lowest BCUT2D eigenvalue weighted by Crippen LogP contribution is -2.27. The largest absolute Gasteiger partial charge is 0.369 e. The van der Waals surface area contributed by atoms with Crippen LogP contribution in [0.4, 0.5) is 11.8 Å². The molecule has 1 heterocycles. The molecule has 0 saturated carbocycles. The summed E-state index contributed by atoms with van der Waals surface area (Å²) in [6.45, 7) is 5.38. The SMILES string of the molecule is CCNc1nc(C)cc(NCCNS(C)(=O)=O)n1. The minimum atomic E-state index is -3.14. The van der Waals surface area contributed by atoms with E-state index < -0.39 is 10.0 Å². The number of aromatic nitrogens is 2. The minimum Gasteiger partial charge on any atom is -0.369 e. The zero-order valence-electron chi connectivity index (χ0n) is 10.8. The molecule has 0 radical (unpaired) electrons. The summed E-state index contributed by atoms with van der Waals surface area (Å²) >= 11 is 0. The van der Waals surface area contributed by atoms with Gasteiger partial charge in [0, 0.05) is 31.4 Å². The highest BCUT2D eigenvalue weighted by Crippen LogP contribution is 2.08. The smallest absolute Gasteiger partial charge is 0.224 e. The second-order valence-electron chi connectivity index (χ2n) is 3.84. The third-order valence-corrected chi connectivity index (χ3v) is 2.71. The average molecular weight is 273 g/mol. The topological polar surface area (TPSA) is 96.0 Å². The zero-order valence-corrected chi connectivity index (χ0v) is 11.6. The van der Waals surface area contributed by atoms with E-state index in [1.54, 1.807) is 6.07 Å². The van der Waals surface area contributed by atoms with E-state index in [1.807, 2.05) is 13.8 Å². The van der Waals surface area contributed by atoms with E-state index in [0.29, 0.717) is 24.9 Å². The highest BCUT2D eigenvalue weighted by atomic mass is 32.2. The Balaban J connectivity index is 2.51. The number of aryl methyl sites for hydroxylation is 1. The summed E-state index contributed by atoms with van der Waals surface area (Å²) in [6, 6.07) is 1.81. The molecule has 0 atom stereocenters. The quantitative estimate of drug-likeness (QED) is 0.613. The van der Waals surface area contributed by atoms with Gasteiger partial charge in [0.2, 0.25) is 16.0 Å². The van der Waals surface area contributed by atoms with Gasteiger partial charge in [-0.05, 0) is 13.8 Å². The summed E-state index contributed by atoms with van der Waals surface area (Å²) < 4.78 is 24.1. The van der Waals surface area contributed by atoms with Crippen LogP contribution in [0.25, 0.3) is 0 Å². The fourth-order valence-electron chi connectivity index (χ4n) is 1.32. The Labute approximate surface area is 107 Å². The molecule has 0 spiro atoms. The maximum atomic E-state index is 10.9. The summed E-state index contributed by atoms with van der Waals surface area (Å²) in [4.78, 5) is 8.46. The summed E-state index contributed by atoms with van der Waals surface area (Å²) in [5, 5.41) is 6.07. The molecule has 3 N–H and O–H groups in total. The average Bonchev–Trinajstić information content (AvgIpc) is 2.23. The van der Waals surface area contributed by atoms with Gasteiger partial charge in [-0.1, -0.05) is 0 Å². The van der Waals surface area contributed by atoms with Gasteiger partial charge in [-0.25, -0.2) is 18.1 Å². The van der Waals surface area contributed by atoms with E-state index >= 15 is 0 Å². The van der Waals surface area contributed by atoms with Gasteiger partial charge in [0.1, 0.15) is 5.82 Å². The first kappa shape index (κ1) is 14.7. The van der Waals surface area contributed by atoms with E-state index in [-0.39, 0.29) is 0 Å². The highest BCUT2D eigenvalue weighted by Gasteiger charge is 2.02. The Morgan fingerprint density at radius 1 is 1.22 bits per heavy atom. The van der Waals surface area contributed by atoms with Gasteiger partial charge in [-0.2, -0.15) is 4.98 Å². The number of anilines is 2. The molecule has 1 aromatic heterocycles. The molecule has 1 rings (SSSR count). The molecule has 0 aliphatic heterocycles. The van der Waals surface area contributed by atoms with Crippen molar-refractivity contribution in [2.45, 2.75) is 13.8 Å². The Morgan fingerprint density at radius 3 is 2.56 bits per heavy atom. The predicted molar refractivity (Wildman–Crippen MR) is 72.3 cm³/mol. The van der Waals surface area contributed by atoms with Crippen molar-refractivity contribution in [3.63, 3.8) is 0 Å². The van der Waals surface area contributed by atoms with Crippen LogP contribution >= 0.6 is 0 Å². The van der Waals surface area contributed by atoms with Gasteiger partial charge >= 0.3 is 0 Å². The molecule has 8 heteroatoms. The van der Waals surface area contributed by atoms with Gasteiger partial charge < -0.3 is 10.6 Å². The number of nitrogens with one attached hydrogen (secondary N) is 3. The zero-order chi connectivity index (χ0) is 13.6. The van der Waals surface area contributed by atoms with Crippen LogP contribution < -0.4 is 15.4 Å². The van der Waals surface area contributed by atoms with E-state index in [9.17, 15) is 8.42 Å². The van der Waals surface area contributed by atoms with Gasteiger partial charge in [0.05, 0.1) is 6.26 Å². The summed E-state index contributed by atoms with van der Waals surface area (Å²) in [5.41, 5.74) is 0.847. The summed E-state index contributed by atoms with van der Waals surface area (Å²) in [7, 11) is -3.14. The normalized spacial score (nSPS) is 11.3. The third kappa shape index (κ3) is 5.78. The van der Waals surface area contributed by atoms with Gasteiger partial charge in [-0.3, -0.25) is 0 Å². The van der Waals surface area contributed by atoms with E-state index in [4.69, 9.17) is 0 Å². The Hall–Kier alpha value is -1.41. The van der Waals surface area contributed by atoms with E-state index in [0.717, 1.165) is 18.5 Å². The van der Waals surface area contributed by atoms with Crippen LogP contribution in [0.2, 0.25) is 0 Å². The lowest BCUT2D eigenvalue weighted by atomic mass is 10.4. The standard InChI is InChI=1S/C10H19N5O2S/c1-4-11-10-14-8(2)7-9(15-10)12-5-6-13-18(3,16)17/h7,13H,4-6H2,1-3H3,(H2,11,12,14,15). The van der Waals surface area contributed by atoms with Crippen molar-refractivity contribution in [1.29, 1.82) is 0 Å². The molecular weight excluding hydrogens is 254 g/mol. The molecule has 0 amide bonds. The molecule has 0 fully saturated rings. The van der Waals surface area contributed by atoms with Crippen molar-refractivity contribution < 1.29 is 8.42 Å². The molecular formula is C10H19N5O2S. The predicted octanol–water partition coefficient (Wildman–Crippen LogP) is 0.178. The van der Waals surface area contributed by atoms with Crippen molar-refractivity contribution in [1.82, 2.24) is 14.7 Å². The Kier molecular flexibility index (Phi) is 5.29. The molecule has 1 aromatic rings. The first-order chi connectivity index (χ1) is 8.40. The third-order valence-electron chi connectivity index (χ3n) is 1.98. The summed E-state index contributed by atoms with van der Waals surface area (Å²) in [5.74, 6) is 1.24. The Bertz CT molecular complexity index is 489. The van der Waals surface area contributed by atoms with Crippen LogP contribution in [0.3, 0.4) is 0 Å². The molecule has 18 heavy (non-hydrogen) atoms. The lowest BCUT2D eigenvalue weighted by molar-refractivity contribution is 0.589. The van der Waals surface area contributed by atoms with E-state index in [1.165, 1.54) is 0 Å². The maximum absolute atomic E-state index is 10.9. The van der Waals surface area contributed by atoms with Crippen LogP contribution in [-0.2, 0) is 10.0 Å². The van der Waals surface area contributed by atoms with Crippen LogP contribution in [0.5, 0.6) is 0 Å². The van der Waals surface area contributed by atoms with Crippen molar-refractivity contribution >= 4 is 21.8 Å². The maximum Gasteiger partial charge on any atom is 0.224 e. The number of sulfonamides is 1. The lowest BCUT2D eigenvalue weighted by Gasteiger charge is -2.09. The van der Waals surface area contributed by atoms with Crippen molar-refractivity contribution in [3.8, 4) is 0 Å². The molecule has 102 valence electrons. The molecule has 7 nitrogen and oxygen atoms in total. The highest BCUT2D eigenvalue weighted by molar-refractivity contribution is 7.88. The first-order valence-corrected chi connectivity index (χ1v) is 7.58. The number of rotatable bonds is 7. The van der Waals surface area contributed by atoms with Gasteiger partial charge in [0.25, 0.3) is 0 Å². The Morgan fingerprint density at radius 2 is 1.94 bits per heavy atom.